The average Bonchev–Trinajstić information content (AvgIpc) is 2.55. The molecule has 0 spiro atoms. The molecule has 1 aliphatic heterocycles. The molecule has 0 aromatic rings. The van der Waals surface area contributed by atoms with E-state index in [4.69, 9.17) is 4.74 Å². The van der Waals surface area contributed by atoms with E-state index in [1.54, 1.807) is 0 Å². The van der Waals surface area contributed by atoms with E-state index in [-0.39, 0.29) is 6.10 Å². The fourth-order valence-electron chi connectivity index (χ4n) is 1.43. The topological polar surface area (TPSA) is 29.6 Å². The molecule has 0 N–H and O–H groups in total. The summed E-state index contributed by atoms with van der Waals surface area (Å²) in [5.41, 5.74) is 0. The molecule has 1 aliphatic carbocycles. The Hall–Kier alpha value is -0.370. The van der Waals surface area contributed by atoms with E-state index < -0.39 is 0 Å². The van der Waals surface area contributed by atoms with Crippen LogP contribution >= 0.6 is 0 Å². The van der Waals surface area contributed by atoms with Gasteiger partial charge in [0.05, 0.1) is 6.10 Å². The highest BCUT2D eigenvalue weighted by Gasteiger charge is 2.44. The molecular formula is C7H10O2. The lowest BCUT2D eigenvalue weighted by atomic mass is 10.2. The Bertz CT molecular complexity index is 142. The van der Waals surface area contributed by atoms with Gasteiger partial charge < -0.3 is 4.74 Å². The van der Waals surface area contributed by atoms with Crippen molar-refractivity contribution in [1.82, 2.24) is 0 Å². The standard InChI is InChI=1S/C7H10O2/c8-5-3-1-2-4-6-7(5)9-6/h6-7H,1-4H2/t6-,7-/m0/s1. The molecule has 0 unspecified atom stereocenters. The summed E-state index contributed by atoms with van der Waals surface area (Å²) in [6, 6.07) is 0. The third kappa shape index (κ3) is 0.874. The van der Waals surface area contributed by atoms with E-state index in [9.17, 15) is 4.79 Å². The van der Waals surface area contributed by atoms with Gasteiger partial charge in [-0.15, -0.1) is 0 Å². The van der Waals surface area contributed by atoms with Crippen LogP contribution in [-0.2, 0) is 9.53 Å². The summed E-state index contributed by atoms with van der Waals surface area (Å²) < 4.78 is 5.12. The summed E-state index contributed by atoms with van der Waals surface area (Å²) in [5.74, 6) is 0.331. The number of rotatable bonds is 0. The maximum atomic E-state index is 10.9. The minimum atomic E-state index is 0.0208. The van der Waals surface area contributed by atoms with Crippen molar-refractivity contribution in [2.75, 3.05) is 0 Å². The summed E-state index contributed by atoms with van der Waals surface area (Å²) in [5, 5.41) is 0. The smallest absolute Gasteiger partial charge is 0.164 e. The quantitative estimate of drug-likeness (QED) is 0.451. The zero-order chi connectivity index (χ0) is 6.27. The molecule has 1 saturated heterocycles. The molecule has 2 fully saturated rings. The molecule has 0 aromatic heterocycles. The largest absolute Gasteiger partial charge is 0.361 e. The molecule has 50 valence electrons. The normalized spacial score (nSPS) is 41.6. The molecule has 2 nitrogen and oxygen atoms in total. The summed E-state index contributed by atoms with van der Waals surface area (Å²) in [7, 11) is 0. The molecule has 0 amide bonds. The summed E-state index contributed by atoms with van der Waals surface area (Å²) >= 11 is 0. The van der Waals surface area contributed by atoms with Gasteiger partial charge in [0.25, 0.3) is 0 Å². The molecule has 9 heavy (non-hydrogen) atoms. The predicted molar refractivity (Wildman–Crippen MR) is 32.1 cm³/mol. The van der Waals surface area contributed by atoms with Crippen LogP contribution < -0.4 is 0 Å². The van der Waals surface area contributed by atoms with E-state index in [2.05, 4.69) is 0 Å². The van der Waals surface area contributed by atoms with Crippen molar-refractivity contribution >= 4 is 5.78 Å². The highest BCUT2D eigenvalue weighted by atomic mass is 16.6. The Morgan fingerprint density at radius 3 is 3.22 bits per heavy atom. The maximum absolute atomic E-state index is 10.9. The van der Waals surface area contributed by atoms with Gasteiger partial charge in [0.2, 0.25) is 0 Å². The lowest BCUT2D eigenvalue weighted by Gasteiger charge is -1.90. The predicted octanol–water partition coefficient (Wildman–Crippen LogP) is 0.897. The first-order valence-corrected chi connectivity index (χ1v) is 3.56. The third-order valence-electron chi connectivity index (χ3n) is 2.06. The molecule has 0 aromatic carbocycles. The van der Waals surface area contributed by atoms with E-state index in [1.165, 1.54) is 6.42 Å². The average molecular weight is 126 g/mol. The zero-order valence-corrected chi connectivity index (χ0v) is 5.30. The Balaban J connectivity index is 2.03. The van der Waals surface area contributed by atoms with E-state index in [0.29, 0.717) is 11.9 Å². The van der Waals surface area contributed by atoms with Crippen molar-refractivity contribution in [3.05, 3.63) is 0 Å². The molecule has 2 heteroatoms. The molecule has 2 atom stereocenters. The Kier molecular flexibility index (Phi) is 1.09. The molecule has 1 saturated carbocycles. The van der Waals surface area contributed by atoms with Gasteiger partial charge in [-0.1, -0.05) is 6.42 Å². The monoisotopic (exact) mass is 126 g/mol. The SMILES string of the molecule is O=C1CCCC[C@@H]2O[C@@H]12. The van der Waals surface area contributed by atoms with Crippen LogP contribution in [0.4, 0.5) is 0 Å². The van der Waals surface area contributed by atoms with Gasteiger partial charge in [0.1, 0.15) is 6.10 Å². The maximum Gasteiger partial charge on any atom is 0.164 e. The van der Waals surface area contributed by atoms with E-state index in [1.807, 2.05) is 0 Å². The third-order valence-corrected chi connectivity index (χ3v) is 2.06. The molecular weight excluding hydrogens is 116 g/mol. The molecule has 2 aliphatic rings. The minimum absolute atomic E-state index is 0.0208. The Labute approximate surface area is 54.2 Å². The molecule has 0 radical (unpaired) electrons. The summed E-state index contributed by atoms with van der Waals surface area (Å²) in [4.78, 5) is 10.9. The fraction of sp³-hybridized carbons (Fsp3) is 0.857. The fourth-order valence-corrected chi connectivity index (χ4v) is 1.43. The zero-order valence-electron chi connectivity index (χ0n) is 5.30. The van der Waals surface area contributed by atoms with Crippen molar-refractivity contribution < 1.29 is 9.53 Å². The van der Waals surface area contributed by atoms with E-state index in [0.717, 1.165) is 19.3 Å². The van der Waals surface area contributed by atoms with Crippen LogP contribution in [0.25, 0.3) is 0 Å². The van der Waals surface area contributed by atoms with Gasteiger partial charge in [0.15, 0.2) is 5.78 Å². The molecule has 0 bridgehead atoms. The van der Waals surface area contributed by atoms with Gasteiger partial charge in [-0.25, -0.2) is 0 Å². The number of ether oxygens (including phenoxy) is 1. The van der Waals surface area contributed by atoms with Crippen LogP contribution in [0.3, 0.4) is 0 Å². The second-order valence-corrected chi connectivity index (χ2v) is 2.81. The van der Waals surface area contributed by atoms with Gasteiger partial charge >= 0.3 is 0 Å². The first-order chi connectivity index (χ1) is 4.38. The second-order valence-electron chi connectivity index (χ2n) is 2.81. The molecule has 1 heterocycles. The number of hydrogen-bond donors (Lipinski definition) is 0. The number of hydrogen-bond acceptors (Lipinski definition) is 2. The van der Waals surface area contributed by atoms with Crippen molar-refractivity contribution in [2.45, 2.75) is 37.9 Å². The van der Waals surface area contributed by atoms with Crippen LogP contribution in [0.2, 0.25) is 0 Å². The van der Waals surface area contributed by atoms with Gasteiger partial charge in [-0.05, 0) is 12.8 Å². The van der Waals surface area contributed by atoms with Crippen molar-refractivity contribution in [1.29, 1.82) is 0 Å². The summed E-state index contributed by atoms with van der Waals surface area (Å²) in [6.07, 6.45) is 4.45. The van der Waals surface area contributed by atoms with Gasteiger partial charge in [0, 0.05) is 6.42 Å². The highest BCUT2D eigenvalue weighted by molar-refractivity contribution is 5.86. The molecule has 2 rings (SSSR count). The van der Waals surface area contributed by atoms with Crippen LogP contribution in [0.5, 0.6) is 0 Å². The number of epoxide rings is 1. The van der Waals surface area contributed by atoms with Crippen molar-refractivity contribution in [3.63, 3.8) is 0 Å². The van der Waals surface area contributed by atoms with Crippen molar-refractivity contribution in [3.8, 4) is 0 Å². The van der Waals surface area contributed by atoms with Gasteiger partial charge in [-0.3, -0.25) is 4.79 Å². The van der Waals surface area contributed by atoms with Gasteiger partial charge in [-0.2, -0.15) is 0 Å². The lowest BCUT2D eigenvalue weighted by Crippen LogP contribution is -2.05. The Morgan fingerprint density at radius 2 is 2.33 bits per heavy atom. The number of carbonyl (C=O) groups excluding carboxylic acids is 1. The van der Waals surface area contributed by atoms with Crippen molar-refractivity contribution in [2.24, 2.45) is 0 Å². The first-order valence-electron chi connectivity index (χ1n) is 3.56. The number of carbonyl (C=O) groups is 1. The Morgan fingerprint density at radius 1 is 1.44 bits per heavy atom. The van der Waals surface area contributed by atoms with Crippen LogP contribution in [0, 0.1) is 0 Å². The second kappa shape index (κ2) is 1.81. The van der Waals surface area contributed by atoms with Crippen LogP contribution in [0.1, 0.15) is 25.7 Å². The lowest BCUT2D eigenvalue weighted by molar-refractivity contribution is -0.120. The number of Topliss-reactive ketones (excluding diaryl/α,β-unsaturated/α-hetero) is 1. The minimum Gasteiger partial charge on any atom is -0.361 e. The van der Waals surface area contributed by atoms with Crippen LogP contribution in [0.15, 0.2) is 0 Å². The highest BCUT2D eigenvalue weighted by Crippen LogP contribution is 2.32. The van der Waals surface area contributed by atoms with Crippen LogP contribution in [-0.4, -0.2) is 18.0 Å². The van der Waals surface area contributed by atoms with E-state index >= 15 is 0 Å². The first kappa shape index (κ1) is 5.42. The number of fused-ring (bicyclic) bond motifs is 1. The number of ketones is 1. The summed E-state index contributed by atoms with van der Waals surface area (Å²) in [6.45, 7) is 0.